The minimum Gasteiger partial charge on any atom is -0.496 e. The number of halogens is 2. The highest BCUT2D eigenvalue weighted by molar-refractivity contribution is 9.10. The first kappa shape index (κ1) is 13.8. The van der Waals surface area contributed by atoms with Crippen molar-refractivity contribution in [2.24, 2.45) is 5.73 Å². The second-order valence-corrected chi connectivity index (χ2v) is 5.91. The number of benzene rings is 1. The van der Waals surface area contributed by atoms with Crippen LogP contribution in [0.4, 0.5) is 4.39 Å². The van der Waals surface area contributed by atoms with Gasteiger partial charge in [-0.25, -0.2) is 4.39 Å². The van der Waals surface area contributed by atoms with E-state index >= 15 is 0 Å². The summed E-state index contributed by atoms with van der Waals surface area (Å²) in [4.78, 5) is 0. The van der Waals surface area contributed by atoms with Gasteiger partial charge < -0.3 is 10.5 Å². The van der Waals surface area contributed by atoms with Gasteiger partial charge in [0.2, 0.25) is 0 Å². The second-order valence-electron chi connectivity index (χ2n) is 5.11. The molecule has 1 fully saturated rings. The van der Waals surface area contributed by atoms with E-state index in [0.29, 0.717) is 10.2 Å². The van der Waals surface area contributed by atoms with Crippen molar-refractivity contribution in [3.8, 4) is 5.75 Å². The third kappa shape index (κ3) is 2.28. The normalized spacial score (nSPS) is 18.7. The minimum absolute atomic E-state index is 0.265. The summed E-state index contributed by atoms with van der Waals surface area (Å²) in [5.74, 6) is 0.450. The summed E-state index contributed by atoms with van der Waals surface area (Å²) in [6.45, 7) is 1.85. The van der Waals surface area contributed by atoms with Crippen molar-refractivity contribution in [1.29, 1.82) is 0 Å². The lowest BCUT2D eigenvalue weighted by atomic mass is 9.76. The molecule has 100 valence electrons. The largest absolute Gasteiger partial charge is 0.496 e. The summed E-state index contributed by atoms with van der Waals surface area (Å²) >= 11 is 3.34. The highest BCUT2D eigenvalue weighted by atomic mass is 79.9. The summed E-state index contributed by atoms with van der Waals surface area (Å²) in [6.07, 6.45) is 5.13. The topological polar surface area (TPSA) is 35.2 Å². The number of hydrogen-bond acceptors (Lipinski definition) is 2. The molecule has 0 bridgehead atoms. The molecule has 0 spiro atoms. The fourth-order valence-corrected chi connectivity index (χ4v) is 3.56. The molecule has 4 heteroatoms. The van der Waals surface area contributed by atoms with E-state index < -0.39 is 5.54 Å². The number of ether oxygens (including phenoxy) is 1. The van der Waals surface area contributed by atoms with Crippen molar-refractivity contribution in [3.63, 3.8) is 0 Å². The lowest BCUT2D eigenvalue weighted by Gasteiger charge is -2.36. The lowest BCUT2D eigenvalue weighted by molar-refractivity contribution is 0.285. The third-order valence-corrected chi connectivity index (χ3v) is 4.58. The molecule has 0 aromatic heterocycles. The molecular formula is C14H19BrFNO. The van der Waals surface area contributed by atoms with Crippen LogP contribution in [-0.2, 0) is 5.54 Å². The van der Waals surface area contributed by atoms with Crippen molar-refractivity contribution in [2.75, 3.05) is 7.11 Å². The molecular weight excluding hydrogens is 297 g/mol. The molecule has 0 aliphatic heterocycles. The smallest absolute Gasteiger partial charge is 0.138 e. The summed E-state index contributed by atoms with van der Waals surface area (Å²) in [7, 11) is 1.61. The maximum Gasteiger partial charge on any atom is 0.138 e. The van der Waals surface area contributed by atoms with Crippen LogP contribution in [0.25, 0.3) is 0 Å². The Kier molecular flexibility index (Phi) is 3.97. The van der Waals surface area contributed by atoms with Crippen molar-refractivity contribution in [3.05, 3.63) is 27.5 Å². The van der Waals surface area contributed by atoms with Crippen molar-refractivity contribution >= 4 is 15.9 Å². The van der Waals surface area contributed by atoms with Gasteiger partial charge in [0.05, 0.1) is 11.6 Å². The second kappa shape index (κ2) is 5.17. The molecule has 2 N–H and O–H groups in total. The molecule has 0 unspecified atom stereocenters. The van der Waals surface area contributed by atoms with Crippen LogP contribution in [0.15, 0.2) is 10.5 Å². The van der Waals surface area contributed by atoms with Crippen LogP contribution in [-0.4, -0.2) is 7.11 Å². The van der Waals surface area contributed by atoms with Crippen LogP contribution in [0.2, 0.25) is 0 Å². The zero-order valence-electron chi connectivity index (χ0n) is 10.9. The highest BCUT2D eigenvalue weighted by Crippen LogP contribution is 2.45. The Bertz CT molecular complexity index is 456. The standard InChI is InChI=1S/C14H19BrFNO/c1-9-8-10(16)12(15)11(13(9)18-2)14(17)6-4-3-5-7-14/h8H,3-7,17H2,1-2H3. The fraction of sp³-hybridized carbons (Fsp3) is 0.571. The first-order valence-corrected chi connectivity index (χ1v) is 7.11. The van der Waals surface area contributed by atoms with Gasteiger partial charge in [0, 0.05) is 11.1 Å². The zero-order chi connectivity index (χ0) is 13.3. The molecule has 1 aliphatic carbocycles. The Labute approximate surface area is 116 Å². The maximum absolute atomic E-state index is 13.9. The van der Waals surface area contributed by atoms with Crippen LogP contribution < -0.4 is 10.5 Å². The maximum atomic E-state index is 13.9. The van der Waals surface area contributed by atoms with E-state index in [2.05, 4.69) is 15.9 Å². The molecule has 2 nitrogen and oxygen atoms in total. The van der Waals surface area contributed by atoms with E-state index in [1.54, 1.807) is 7.11 Å². The molecule has 0 saturated heterocycles. The SMILES string of the molecule is COc1c(C)cc(F)c(Br)c1C1(N)CCCCC1. The van der Waals surface area contributed by atoms with E-state index in [1.165, 1.54) is 12.5 Å². The molecule has 1 aromatic rings. The Morgan fingerprint density at radius 1 is 1.33 bits per heavy atom. The van der Waals surface area contributed by atoms with Crippen LogP contribution >= 0.6 is 15.9 Å². The highest BCUT2D eigenvalue weighted by Gasteiger charge is 2.35. The number of aryl methyl sites for hydroxylation is 1. The molecule has 1 aliphatic rings. The molecule has 18 heavy (non-hydrogen) atoms. The van der Waals surface area contributed by atoms with Crippen LogP contribution in [0.5, 0.6) is 5.75 Å². The van der Waals surface area contributed by atoms with Gasteiger partial charge >= 0.3 is 0 Å². The average molecular weight is 316 g/mol. The lowest BCUT2D eigenvalue weighted by Crippen LogP contribution is -2.39. The van der Waals surface area contributed by atoms with Gasteiger partial charge in [-0.2, -0.15) is 0 Å². The molecule has 0 atom stereocenters. The first-order chi connectivity index (χ1) is 8.49. The van der Waals surface area contributed by atoms with Crippen LogP contribution in [0, 0.1) is 12.7 Å². The van der Waals surface area contributed by atoms with Gasteiger partial charge in [0.1, 0.15) is 11.6 Å². The number of methoxy groups -OCH3 is 1. The van der Waals surface area contributed by atoms with Gasteiger partial charge in [0.25, 0.3) is 0 Å². The van der Waals surface area contributed by atoms with Gasteiger partial charge in [-0.1, -0.05) is 19.3 Å². The molecule has 1 aromatic carbocycles. The zero-order valence-corrected chi connectivity index (χ0v) is 12.4. The average Bonchev–Trinajstić information content (AvgIpc) is 2.34. The summed E-state index contributed by atoms with van der Waals surface area (Å²) in [5, 5.41) is 0. The van der Waals surface area contributed by atoms with Gasteiger partial charge in [-0.15, -0.1) is 0 Å². The van der Waals surface area contributed by atoms with Crippen molar-refractivity contribution in [1.82, 2.24) is 0 Å². The molecule has 0 radical (unpaired) electrons. The third-order valence-electron chi connectivity index (χ3n) is 3.81. The van der Waals surface area contributed by atoms with Gasteiger partial charge in [-0.05, 0) is 47.3 Å². The van der Waals surface area contributed by atoms with E-state index in [0.717, 1.165) is 36.8 Å². The predicted octanol–water partition coefficient (Wildman–Crippen LogP) is 4.02. The Hall–Kier alpha value is -0.610. The monoisotopic (exact) mass is 315 g/mol. The van der Waals surface area contributed by atoms with Gasteiger partial charge in [-0.3, -0.25) is 0 Å². The van der Waals surface area contributed by atoms with Crippen LogP contribution in [0.3, 0.4) is 0 Å². The summed E-state index contributed by atoms with van der Waals surface area (Å²) in [6, 6.07) is 1.48. The molecule has 2 rings (SSSR count). The molecule has 0 amide bonds. The summed E-state index contributed by atoms with van der Waals surface area (Å²) in [5.41, 5.74) is 7.63. The Balaban J connectivity index is 2.60. The molecule has 1 saturated carbocycles. The Morgan fingerprint density at radius 3 is 2.50 bits per heavy atom. The number of rotatable bonds is 2. The first-order valence-electron chi connectivity index (χ1n) is 6.31. The number of hydrogen-bond donors (Lipinski definition) is 1. The minimum atomic E-state index is -0.477. The molecule has 0 heterocycles. The number of nitrogens with two attached hydrogens (primary N) is 1. The predicted molar refractivity (Wildman–Crippen MR) is 74.3 cm³/mol. The van der Waals surface area contributed by atoms with E-state index in [-0.39, 0.29) is 5.82 Å². The van der Waals surface area contributed by atoms with Crippen molar-refractivity contribution in [2.45, 2.75) is 44.6 Å². The van der Waals surface area contributed by atoms with E-state index in [4.69, 9.17) is 10.5 Å². The van der Waals surface area contributed by atoms with Gasteiger partial charge in [0.15, 0.2) is 0 Å². The van der Waals surface area contributed by atoms with E-state index in [9.17, 15) is 4.39 Å². The quantitative estimate of drug-likeness (QED) is 0.894. The van der Waals surface area contributed by atoms with Crippen LogP contribution in [0.1, 0.15) is 43.2 Å². The summed E-state index contributed by atoms with van der Waals surface area (Å²) < 4.78 is 19.8. The van der Waals surface area contributed by atoms with Crippen molar-refractivity contribution < 1.29 is 9.13 Å². The fourth-order valence-electron chi connectivity index (χ4n) is 2.88. The van der Waals surface area contributed by atoms with E-state index in [1.807, 2.05) is 6.92 Å². The Morgan fingerprint density at radius 2 is 1.94 bits per heavy atom.